The van der Waals surface area contributed by atoms with Gasteiger partial charge in [-0.3, -0.25) is 14.7 Å². The first kappa shape index (κ1) is 24.4. The van der Waals surface area contributed by atoms with Gasteiger partial charge in [-0.25, -0.2) is 4.68 Å². The molecule has 0 aliphatic carbocycles. The minimum atomic E-state index is -0.184. The molecule has 5 aromatic rings. The Morgan fingerprint density at radius 1 is 1.14 bits per heavy atom. The Balaban J connectivity index is 1.54. The van der Waals surface area contributed by atoms with Crippen LogP contribution in [0.15, 0.2) is 76.4 Å². The van der Waals surface area contributed by atoms with Crippen molar-refractivity contribution in [3.8, 4) is 5.75 Å². The summed E-state index contributed by atoms with van der Waals surface area (Å²) in [5.41, 5.74) is 2.27. The molecule has 1 N–H and O–H groups in total. The van der Waals surface area contributed by atoms with Gasteiger partial charge in [0.1, 0.15) is 18.1 Å². The van der Waals surface area contributed by atoms with Crippen LogP contribution in [-0.4, -0.2) is 42.2 Å². The van der Waals surface area contributed by atoms with Gasteiger partial charge in [-0.1, -0.05) is 19.9 Å². The van der Waals surface area contributed by atoms with Crippen LogP contribution in [0.2, 0.25) is 0 Å². The minimum Gasteiger partial charge on any atom is -0.497 e. The number of ether oxygens (including phenoxy) is 1. The van der Waals surface area contributed by atoms with Crippen molar-refractivity contribution in [2.24, 2.45) is 5.92 Å². The Kier molecular flexibility index (Phi) is 7.09. The molecule has 10 nitrogen and oxygen atoms in total. The number of nitrogens with zero attached hydrogens (tertiary/aromatic N) is 6. The van der Waals surface area contributed by atoms with Crippen LogP contribution in [0.3, 0.4) is 0 Å². The maximum Gasteiger partial charge on any atom is 0.252 e. The first-order valence-corrected chi connectivity index (χ1v) is 12.1. The molecular formula is C27H29N7O3. The van der Waals surface area contributed by atoms with Gasteiger partial charge in [0.15, 0.2) is 5.82 Å². The van der Waals surface area contributed by atoms with Crippen molar-refractivity contribution in [3.05, 3.63) is 100 Å². The average Bonchev–Trinajstić information content (AvgIpc) is 3.57. The number of hydrogen-bond donors (Lipinski definition) is 1. The van der Waals surface area contributed by atoms with E-state index in [0.717, 1.165) is 22.2 Å². The molecule has 1 atom stereocenters. The van der Waals surface area contributed by atoms with E-state index in [1.807, 2.05) is 54.7 Å². The highest BCUT2D eigenvalue weighted by Crippen LogP contribution is 2.30. The second kappa shape index (κ2) is 10.8. The van der Waals surface area contributed by atoms with E-state index in [4.69, 9.17) is 9.15 Å². The maximum absolute atomic E-state index is 13.2. The molecule has 0 saturated carbocycles. The van der Waals surface area contributed by atoms with E-state index in [2.05, 4.69) is 44.2 Å². The number of furan rings is 1. The molecule has 37 heavy (non-hydrogen) atoms. The molecular weight excluding hydrogens is 470 g/mol. The highest BCUT2D eigenvalue weighted by atomic mass is 16.5. The summed E-state index contributed by atoms with van der Waals surface area (Å²) < 4.78 is 12.6. The molecule has 0 bridgehead atoms. The Morgan fingerprint density at radius 2 is 2.03 bits per heavy atom. The summed E-state index contributed by atoms with van der Waals surface area (Å²) >= 11 is 0. The molecule has 4 heterocycles. The number of aromatic amines is 1. The molecule has 0 radical (unpaired) electrons. The monoisotopic (exact) mass is 499 g/mol. The molecule has 1 aromatic carbocycles. The fraction of sp³-hybridized carbons (Fsp3) is 0.296. The number of tetrazole rings is 1. The number of aromatic nitrogens is 6. The van der Waals surface area contributed by atoms with Crippen molar-refractivity contribution in [2.75, 3.05) is 7.11 Å². The third-order valence-corrected chi connectivity index (χ3v) is 6.35. The normalized spacial score (nSPS) is 12.5. The second-order valence-corrected chi connectivity index (χ2v) is 9.31. The van der Waals surface area contributed by atoms with Crippen molar-refractivity contribution >= 4 is 10.9 Å². The maximum atomic E-state index is 13.2. The van der Waals surface area contributed by atoms with Crippen LogP contribution in [0.5, 0.6) is 5.75 Å². The van der Waals surface area contributed by atoms with Gasteiger partial charge >= 0.3 is 0 Å². The predicted molar refractivity (Wildman–Crippen MR) is 138 cm³/mol. The van der Waals surface area contributed by atoms with Crippen molar-refractivity contribution in [1.29, 1.82) is 0 Å². The number of H-pyrrole nitrogens is 1. The summed E-state index contributed by atoms with van der Waals surface area (Å²) in [6, 6.07) is 15.1. The SMILES string of the molecule is COc1ccc2cc(CN(Cc3cccnc3)[C@H](c3nnnn3Cc3ccco3)C(C)C)c(=O)[nH]c2c1. The molecule has 5 rings (SSSR count). The van der Waals surface area contributed by atoms with Crippen LogP contribution in [-0.2, 0) is 19.6 Å². The number of rotatable bonds is 10. The van der Waals surface area contributed by atoms with Crippen LogP contribution in [0.4, 0.5) is 0 Å². The molecule has 0 unspecified atom stereocenters. The fourth-order valence-electron chi connectivity index (χ4n) is 4.64. The van der Waals surface area contributed by atoms with E-state index in [1.165, 1.54) is 0 Å². The molecule has 4 aromatic heterocycles. The Hall–Kier alpha value is -4.31. The number of methoxy groups -OCH3 is 1. The lowest BCUT2D eigenvalue weighted by molar-refractivity contribution is 0.125. The molecule has 0 saturated heterocycles. The highest BCUT2D eigenvalue weighted by molar-refractivity contribution is 5.80. The zero-order valence-electron chi connectivity index (χ0n) is 21.0. The average molecular weight is 500 g/mol. The van der Waals surface area contributed by atoms with Crippen LogP contribution in [0.1, 0.15) is 42.6 Å². The van der Waals surface area contributed by atoms with Crippen molar-refractivity contribution in [2.45, 2.75) is 39.5 Å². The van der Waals surface area contributed by atoms with Crippen molar-refractivity contribution < 1.29 is 9.15 Å². The molecule has 0 amide bonds. The van der Waals surface area contributed by atoms with Crippen LogP contribution >= 0.6 is 0 Å². The summed E-state index contributed by atoms with van der Waals surface area (Å²) in [7, 11) is 1.61. The largest absolute Gasteiger partial charge is 0.497 e. The summed E-state index contributed by atoms with van der Waals surface area (Å²) in [5, 5.41) is 13.6. The van der Waals surface area contributed by atoms with E-state index >= 15 is 0 Å². The number of nitrogens with one attached hydrogen (secondary N) is 1. The Morgan fingerprint density at radius 3 is 2.76 bits per heavy atom. The van der Waals surface area contributed by atoms with Crippen LogP contribution in [0.25, 0.3) is 10.9 Å². The Bertz CT molecular complexity index is 1510. The number of fused-ring (bicyclic) bond motifs is 1. The third-order valence-electron chi connectivity index (χ3n) is 6.35. The number of benzene rings is 1. The van der Waals surface area contributed by atoms with Gasteiger partial charge in [0.2, 0.25) is 0 Å². The van der Waals surface area contributed by atoms with Gasteiger partial charge < -0.3 is 14.1 Å². The van der Waals surface area contributed by atoms with Crippen molar-refractivity contribution in [1.82, 2.24) is 35.1 Å². The fourth-order valence-corrected chi connectivity index (χ4v) is 4.64. The van der Waals surface area contributed by atoms with E-state index < -0.39 is 0 Å². The molecule has 0 aliphatic heterocycles. The number of hydrogen-bond acceptors (Lipinski definition) is 8. The summed E-state index contributed by atoms with van der Waals surface area (Å²) in [5.74, 6) is 2.30. The molecule has 190 valence electrons. The third kappa shape index (κ3) is 5.44. The molecule has 10 heteroatoms. The van der Waals surface area contributed by atoms with E-state index in [-0.39, 0.29) is 17.5 Å². The van der Waals surface area contributed by atoms with Gasteiger partial charge in [-0.15, -0.1) is 5.10 Å². The van der Waals surface area contributed by atoms with Crippen molar-refractivity contribution in [3.63, 3.8) is 0 Å². The molecule has 0 spiro atoms. The highest BCUT2D eigenvalue weighted by Gasteiger charge is 2.30. The lowest BCUT2D eigenvalue weighted by atomic mass is 9.99. The summed E-state index contributed by atoms with van der Waals surface area (Å²) in [4.78, 5) is 22.7. The zero-order valence-corrected chi connectivity index (χ0v) is 21.0. The van der Waals surface area contributed by atoms with Gasteiger partial charge in [0.25, 0.3) is 5.56 Å². The first-order chi connectivity index (χ1) is 18.0. The molecule has 0 fully saturated rings. The van der Waals surface area contributed by atoms with Crippen LogP contribution in [0, 0.1) is 5.92 Å². The summed E-state index contributed by atoms with van der Waals surface area (Å²) in [6.07, 6.45) is 5.22. The van der Waals surface area contributed by atoms with Gasteiger partial charge in [-0.05, 0) is 63.7 Å². The standard InChI is InChI=1S/C27H29N7O3/c1-18(2)25(26-30-31-32-34(26)17-23-7-5-11-37-23)33(15-19-6-4-10-28-14-19)16-21-12-20-8-9-22(36-3)13-24(20)29-27(21)35/h4-14,18,25H,15-17H2,1-3H3,(H,29,35)/t25-/m0/s1. The topological polar surface area (TPSA) is 115 Å². The van der Waals surface area contributed by atoms with E-state index in [1.54, 1.807) is 24.3 Å². The molecule has 0 aliphatic rings. The van der Waals surface area contributed by atoms with Gasteiger partial charge in [-0.2, -0.15) is 0 Å². The predicted octanol–water partition coefficient (Wildman–Crippen LogP) is 3.96. The second-order valence-electron chi connectivity index (χ2n) is 9.31. The first-order valence-electron chi connectivity index (χ1n) is 12.1. The minimum absolute atomic E-state index is 0.141. The summed E-state index contributed by atoms with van der Waals surface area (Å²) in [6.45, 7) is 5.62. The van der Waals surface area contributed by atoms with E-state index in [0.29, 0.717) is 36.8 Å². The van der Waals surface area contributed by atoms with Crippen LogP contribution < -0.4 is 10.3 Å². The quantitative estimate of drug-likeness (QED) is 0.307. The lowest BCUT2D eigenvalue weighted by Gasteiger charge is -2.33. The zero-order chi connectivity index (χ0) is 25.8. The smallest absolute Gasteiger partial charge is 0.252 e. The lowest BCUT2D eigenvalue weighted by Crippen LogP contribution is -2.35. The van der Waals surface area contributed by atoms with Gasteiger partial charge in [0, 0.05) is 37.1 Å². The number of pyridine rings is 2. The van der Waals surface area contributed by atoms with Gasteiger partial charge in [0.05, 0.1) is 24.9 Å². The Labute approximate surface area is 213 Å². The van der Waals surface area contributed by atoms with E-state index in [9.17, 15) is 4.79 Å².